The summed E-state index contributed by atoms with van der Waals surface area (Å²) in [5.41, 5.74) is -2.85. The van der Waals surface area contributed by atoms with Gasteiger partial charge < -0.3 is 15.4 Å². The van der Waals surface area contributed by atoms with Gasteiger partial charge in [0.25, 0.3) is 0 Å². The molecule has 0 aliphatic carbocycles. The number of amides is 2. The van der Waals surface area contributed by atoms with Crippen LogP contribution >= 0.6 is 11.8 Å². The number of nitrogens with one attached hydrogen (secondary N) is 2. The Morgan fingerprint density at radius 1 is 1.19 bits per heavy atom. The number of methoxy groups -OCH3 is 1. The van der Waals surface area contributed by atoms with Gasteiger partial charge >= 0.3 is 17.6 Å². The number of ether oxygens (including phenoxy) is 1. The van der Waals surface area contributed by atoms with Crippen LogP contribution in [0, 0.1) is 5.92 Å². The number of halogens is 6. The SMILES string of the molecule is COCCNCC(=O)NC1=NC(=O)S/C1=C\C1CCN(Cc2ccc(C(F)(F)F)cc2C(F)(F)F)CC1. The Hall–Kier alpha value is -2.42. The minimum atomic E-state index is -4.91. The molecule has 0 atom stereocenters. The number of hydrogen-bond donors (Lipinski definition) is 2. The number of allylic oxidation sites excluding steroid dienone is 1. The van der Waals surface area contributed by atoms with E-state index in [1.807, 2.05) is 6.08 Å². The zero-order valence-electron chi connectivity index (χ0n) is 19.8. The molecule has 1 fully saturated rings. The van der Waals surface area contributed by atoms with Crippen LogP contribution in [0.25, 0.3) is 0 Å². The van der Waals surface area contributed by atoms with Gasteiger partial charge in [0, 0.05) is 20.2 Å². The van der Waals surface area contributed by atoms with Crippen molar-refractivity contribution in [1.29, 1.82) is 0 Å². The molecule has 204 valence electrons. The van der Waals surface area contributed by atoms with Crippen molar-refractivity contribution < 1.29 is 40.7 Å². The van der Waals surface area contributed by atoms with E-state index in [4.69, 9.17) is 4.74 Å². The smallest absolute Gasteiger partial charge is 0.383 e. The normalized spacial score (nSPS) is 18.9. The Bertz CT molecular complexity index is 1050. The molecule has 2 heterocycles. The number of carbonyl (C=O) groups is 2. The number of benzene rings is 1. The predicted molar refractivity (Wildman–Crippen MR) is 126 cm³/mol. The summed E-state index contributed by atoms with van der Waals surface area (Å²) in [6, 6.07) is 1.71. The summed E-state index contributed by atoms with van der Waals surface area (Å²) in [6.07, 6.45) is -6.85. The first-order chi connectivity index (χ1) is 17.4. The standard InChI is InChI=1S/C23H26F6N4O3S/c1-36-9-6-30-12-19(34)31-20-18(37-21(35)32-20)10-14-4-7-33(8-5-14)13-15-2-3-16(22(24,25)26)11-17(15)23(27,28)29/h2-3,10-11,14,30H,4-9,12-13H2,1H3,(H,31,32,34,35)/b18-10-. The Morgan fingerprint density at radius 3 is 2.51 bits per heavy atom. The van der Waals surface area contributed by atoms with Crippen LogP contribution in [0.3, 0.4) is 0 Å². The van der Waals surface area contributed by atoms with Crippen LogP contribution in [0.5, 0.6) is 0 Å². The lowest BCUT2D eigenvalue weighted by Crippen LogP contribution is -2.38. The fourth-order valence-electron chi connectivity index (χ4n) is 3.95. The lowest BCUT2D eigenvalue weighted by atomic mass is 9.95. The predicted octanol–water partition coefficient (Wildman–Crippen LogP) is 4.44. The fourth-order valence-corrected chi connectivity index (χ4v) is 4.73. The largest absolute Gasteiger partial charge is 0.416 e. The fraction of sp³-hybridized carbons (Fsp3) is 0.522. The summed E-state index contributed by atoms with van der Waals surface area (Å²) in [6.45, 7) is 1.60. The van der Waals surface area contributed by atoms with E-state index in [1.54, 1.807) is 4.90 Å². The summed E-state index contributed by atoms with van der Waals surface area (Å²) >= 11 is 0.885. The van der Waals surface area contributed by atoms with Crippen molar-refractivity contribution in [3.63, 3.8) is 0 Å². The van der Waals surface area contributed by atoms with Gasteiger partial charge in [-0.25, -0.2) is 0 Å². The molecule has 0 bridgehead atoms. The summed E-state index contributed by atoms with van der Waals surface area (Å²) in [4.78, 5) is 30.0. The first-order valence-corrected chi connectivity index (χ1v) is 12.2. The Morgan fingerprint density at radius 2 is 1.89 bits per heavy atom. The molecule has 2 aliphatic heterocycles. The van der Waals surface area contributed by atoms with Crippen LogP contribution in [0.4, 0.5) is 31.1 Å². The molecule has 2 aliphatic rings. The molecule has 1 aromatic carbocycles. The maximum atomic E-state index is 13.4. The number of rotatable bonds is 8. The van der Waals surface area contributed by atoms with Gasteiger partial charge in [0.05, 0.1) is 29.2 Å². The number of thioether (sulfide) groups is 1. The van der Waals surface area contributed by atoms with Gasteiger partial charge in [-0.2, -0.15) is 31.3 Å². The molecule has 0 saturated carbocycles. The highest BCUT2D eigenvalue weighted by Crippen LogP contribution is 2.38. The second-order valence-corrected chi connectivity index (χ2v) is 9.55. The lowest BCUT2D eigenvalue weighted by molar-refractivity contribution is -0.143. The molecule has 0 unspecified atom stereocenters. The molecule has 0 radical (unpaired) electrons. The van der Waals surface area contributed by atoms with E-state index in [0.29, 0.717) is 50.1 Å². The van der Waals surface area contributed by atoms with Gasteiger partial charge in [-0.1, -0.05) is 12.1 Å². The van der Waals surface area contributed by atoms with E-state index in [0.717, 1.165) is 17.8 Å². The van der Waals surface area contributed by atoms with Crippen LogP contribution in [0.2, 0.25) is 0 Å². The Balaban J connectivity index is 1.59. The van der Waals surface area contributed by atoms with Crippen LogP contribution < -0.4 is 10.6 Å². The monoisotopic (exact) mass is 552 g/mol. The second-order valence-electron chi connectivity index (χ2n) is 8.56. The van der Waals surface area contributed by atoms with Crippen molar-refractivity contribution in [3.8, 4) is 0 Å². The van der Waals surface area contributed by atoms with Crippen LogP contribution in [0.1, 0.15) is 29.5 Å². The zero-order chi connectivity index (χ0) is 27.2. The molecule has 2 amide bonds. The van der Waals surface area contributed by atoms with Crippen LogP contribution in [-0.2, 0) is 28.4 Å². The van der Waals surface area contributed by atoms with E-state index < -0.39 is 28.7 Å². The molecule has 1 aromatic rings. The van der Waals surface area contributed by atoms with Gasteiger partial charge in [0.15, 0.2) is 5.84 Å². The zero-order valence-corrected chi connectivity index (χ0v) is 20.7. The first-order valence-electron chi connectivity index (χ1n) is 11.4. The number of piperidine rings is 1. The number of likely N-dealkylation sites (tertiary alicyclic amines) is 1. The van der Waals surface area contributed by atoms with Crippen molar-refractivity contribution in [2.45, 2.75) is 31.7 Å². The molecule has 0 aromatic heterocycles. The van der Waals surface area contributed by atoms with E-state index in [9.17, 15) is 35.9 Å². The molecule has 2 N–H and O–H groups in total. The van der Waals surface area contributed by atoms with Gasteiger partial charge in [-0.15, -0.1) is 0 Å². The lowest BCUT2D eigenvalue weighted by Gasteiger charge is -2.31. The van der Waals surface area contributed by atoms with E-state index in [1.165, 1.54) is 7.11 Å². The first kappa shape index (κ1) is 29.1. The third-order valence-electron chi connectivity index (χ3n) is 5.82. The number of nitrogens with zero attached hydrogens (tertiary/aromatic N) is 2. The topological polar surface area (TPSA) is 83.0 Å². The van der Waals surface area contributed by atoms with E-state index in [-0.39, 0.29) is 42.4 Å². The van der Waals surface area contributed by atoms with Gasteiger partial charge in [0.1, 0.15) is 0 Å². The third kappa shape index (κ3) is 8.55. The summed E-state index contributed by atoms with van der Waals surface area (Å²) in [5.74, 6) is -0.223. The van der Waals surface area contributed by atoms with Crippen LogP contribution in [-0.4, -0.2) is 61.8 Å². The molecular formula is C23H26F6N4O3S. The molecule has 1 saturated heterocycles. The minimum Gasteiger partial charge on any atom is -0.383 e. The van der Waals surface area contributed by atoms with E-state index in [2.05, 4.69) is 15.6 Å². The molecular weight excluding hydrogens is 526 g/mol. The highest BCUT2D eigenvalue weighted by molar-refractivity contribution is 8.18. The van der Waals surface area contributed by atoms with Crippen LogP contribution in [0.15, 0.2) is 34.2 Å². The highest BCUT2D eigenvalue weighted by atomic mass is 32.2. The van der Waals surface area contributed by atoms with Gasteiger partial charge in [-0.3, -0.25) is 14.5 Å². The van der Waals surface area contributed by atoms with Crippen molar-refractivity contribution in [2.75, 3.05) is 39.9 Å². The highest BCUT2D eigenvalue weighted by Gasteiger charge is 2.38. The number of amidine groups is 1. The van der Waals surface area contributed by atoms with Crippen molar-refractivity contribution >= 4 is 28.7 Å². The van der Waals surface area contributed by atoms with Gasteiger partial charge in [-0.05, 0) is 61.3 Å². The Kier molecular flexibility index (Phi) is 9.78. The van der Waals surface area contributed by atoms with E-state index >= 15 is 0 Å². The average molecular weight is 553 g/mol. The van der Waals surface area contributed by atoms with Crippen molar-refractivity contribution in [3.05, 3.63) is 45.9 Å². The number of aliphatic imine (C=N–C) groups is 1. The van der Waals surface area contributed by atoms with Crippen molar-refractivity contribution in [1.82, 2.24) is 15.5 Å². The summed E-state index contributed by atoms with van der Waals surface area (Å²) in [7, 11) is 1.54. The van der Waals surface area contributed by atoms with Crippen molar-refractivity contribution in [2.24, 2.45) is 10.9 Å². The quantitative estimate of drug-likeness (QED) is 0.367. The number of alkyl halides is 6. The molecule has 14 heteroatoms. The maximum absolute atomic E-state index is 13.4. The number of carbonyl (C=O) groups excluding carboxylic acids is 2. The molecule has 3 rings (SSSR count). The molecule has 7 nitrogen and oxygen atoms in total. The summed E-state index contributed by atoms with van der Waals surface area (Å²) < 4.78 is 84.0. The second kappa shape index (κ2) is 12.4. The Labute approximate surface area is 213 Å². The number of hydrogen-bond acceptors (Lipinski definition) is 6. The van der Waals surface area contributed by atoms with Gasteiger partial charge in [0.2, 0.25) is 5.91 Å². The minimum absolute atomic E-state index is 0.0107. The third-order valence-corrected chi connectivity index (χ3v) is 6.63. The molecule has 0 spiro atoms. The average Bonchev–Trinajstić information content (AvgIpc) is 3.15. The summed E-state index contributed by atoms with van der Waals surface area (Å²) in [5, 5.41) is 5.02. The maximum Gasteiger partial charge on any atom is 0.416 e. The molecule has 37 heavy (non-hydrogen) atoms.